The minimum absolute atomic E-state index is 0.303. The number of hydrogen-bond acceptors (Lipinski definition) is 6. The Hall–Kier alpha value is -2.44. The predicted molar refractivity (Wildman–Crippen MR) is 82.6 cm³/mol. The standard InChI is InChI=1S/C14H19FN6/c1-4-9-16-12-18-13(20-14(19-12)21(2)3)17-11-8-6-5-7-10(11)15/h5-8H,4,9H2,1-3H3,(H2,16,17,18,19,20). The van der Waals surface area contributed by atoms with E-state index < -0.39 is 0 Å². The molecule has 0 aliphatic heterocycles. The first kappa shape index (κ1) is 15.0. The van der Waals surface area contributed by atoms with Crippen molar-refractivity contribution >= 4 is 23.5 Å². The van der Waals surface area contributed by atoms with Gasteiger partial charge in [-0.2, -0.15) is 15.0 Å². The van der Waals surface area contributed by atoms with Crippen molar-refractivity contribution in [2.75, 3.05) is 36.2 Å². The molecule has 0 amide bonds. The summed E-state index contributed by atoms with van der Waals surface area (Å²) in [6.07, 6.45) is 0.957. The van der Waals surface area contributed by atoms with Crippen molar-refractivity contribution in [3.63, 3.8) is 0 Å². The third-order valence-corrected chi connectivity index (χ3v) is 2.68. The lowest BCUT2D eigenvalue weighted by molar-refractivity contribution is 0.631. The van der Waals surface area contributed by atoms with Crippen LogP contribution in [0.4, 0.5) is 27.9 Å². The number of nitrogens with zero attached hydrogens (tertiary/aromatic N) is 4. The Labute approximate surface area is 123 Å². The second-order valence-electron chi connectivity index (χ2n) is 4.71. The van der Waals surface area contributed by atoms with E-state index in [1.807, 2.05) is 14.1 Å². The highest BCUT2D eigenvalue weighted by Gasteiger charge is 2.09. The van der Waals surface area contributed by atoms with E-state index in [4.69, 9.17) is 0 Å². The summed E-state index contributed by atoms with van der Waals surface area (Å²) in [5.41, 5.74) is 0.329. The number of benzene rings is 1. The molecule has 0 saturated carbocycles. The zero-order valence-electron chi connectivity index (χ0n) is 12.4. The van der Waals surface area contributed by atoms with Gasteiger partial charge in [-0.1, -0.05) is 19.1 Å². The molecule has 0 radical (unpaired) electrons. The molecule has 1 aromatic carbocycles. The van der Waals surface area contributed by atoms with Crippen LogP contribution >= 0.6 is 0 Å². The van der Waals surface area contributed by atoms with Crippen molar-refractivity contribution in [2.45, 2.75) is 13.3 Å². The highest BCUT2D eigenvalue weighted by atomic mass is 19.1. The minimum atomic E-state index is -0.354. The number of nitrogens with one attached hydrogen (secondary N) is 2. The van der Waals surface area contributed by atoms with Crippen molar-refractivity contribution < 1.29 is 4.39 Å². The molecule has 0 atom stereocenters. The predicted octanol–water partition coefficient (Wildman–Crippen LogP) is 2.64. The van der Waals surface area contributed by atoms with E-state index in [-0.39, 0.29) is 5.82 Å². The summed E-state index contributed by atoms with van der Waals surface area (Å²) in [4.78, 5) is 14.6. The van der Waals surface area contributed by atoms with Crippen molar-refractivity contribution in [3.05, 3.63) is 30.1 Å². The van der Waals surface area contributed by atoms with E-state index in [9.17, 15) is 4.39 Å². The van der Waals surface area contributed by atoms with Gasteiger partial charge in [-0.25, -0.2) is 4.39 Å². The fourth-order valence-corrected chi connectivity index (χ4v) is 1.62. The van der Waals surface area contributed by atoms with E-state index in [0.29, 0.717) is 23.5 Å². The average molecular weight is 290 g/mol. The van der Waals surface area contributed by atoms with Crippen LogP contribution < -0.4 is 15.5 Å². The maximum atomic E-state index is 13.7. The third kappa shape index (κ3) is 4.01. The number of rotatable bonds is 6. The van der Waals surface area contributed by atoms with E-state index in [1.165, 1.54) is 6.07 Å². The van der Waals surface area contributed by atoms with Crippen molar-refractivity contribution in [1.82, 2.24) is 15.0 Å². The van der Waals surface area contributed by atoms with Crippen LogP contribution in [0.5, 0.6) is 0 Å². The second kappa shape index (κ2) is 6.83. The molecule has 0 aliphatic carbocycles. The van der Waals surface area contributed by atoms with Gasteiger partial charge in [0.25, 0.3) is 0 Å². The summed E-state index contributed by atoms with van der Waals surface area (Å²) in [5.74, 6) is 0.918. The zero-order valence-corrected chi connectivity index (χ0v) is 12.4. The van der Waals surface area contributed by atoms with Gasteiger partial charge in [-0.3, -0.25) is 0 Å². The highest BCUT2D eigenvalue weighted by Crippen LogP contribution is 2.19. The molecular weight excluding hydrogens is 271 g/mol. The molecule has 6 nitrogen and oxygen atoms in total. The Bertz CT molecular complexity index is 602. The Morgan fingerprint density at radius 1 is 1.10 bits per heavy atom. The quantitative estimate of drug-likeness (QED) is 0.852. The Morgan fingerprint density at radius 2 is 1.81 bits per heavy atom. The molecule has 0 aliphatic rings. The van der Waals surface area contributed by atoms with Crippen LogP contribution in [0.25, 0.3) is 0 Å². The topological polar surface area (TPSA) is 66.0 Å². The molecule has 0 saturated heterocycles. The first-order chi connectivity index (χ1) is 10.1. The summed E-state index contributed by atoms with van der Waals surface area (Å²) < 4.78 is 13.7. The van der Waals surface area contributed by atoms with Crippen LogP contribution in [0.1, 0.15) is 13.3 Å². The van der Waals surface area contributed by atoms with Crippen LogP contribution in [0.2, 0.25) is 0 Å². The van der Waals surface area contributed by atoms with Gasteiger partial charge in [-0.05, 0) is 18.6 Å². The fraction of sp³-hybridized carbons (Fsp3) is 0.357. The van der Waals surface area contributed by atoms with Crippen LogP contribution in [-0.2, 0) is 0 Å². The molecule has 21 heavy (non-hydrogen) atoms. The molecule has 0 spiro atoms. The number of halogens is 1. The number of aromatic nitrogens is 3. The number of hydrogen-bond donors (Lipinski definition) is 2. The molecule has 112 valence electrons. The first-order valence-electron chi connectivity index (χ1n) is 6.79. The molecule has 2 aromatic rings. The summed E-state index contributed by atoms with van der Waals surface area (Å²) in [6.45, 7) is 2.82. The zero-order chi connectivity index (χ0) is 15.2. The van der Waals surface area contributed by atoms with Crippen LogP contribution in [0.3, 0.4) is 0 Å². The van der Waals surface area contributed by atoms with Crippen LogP contribution in [0, 0.1) is 5.82 Å². The number of para-hydroxylation sites is 1. The van der Waals surface area contributed by atoms with Crippen molar-refractivity contribution in [2.24, 2.45) is 0 Å². The van der Waals surface area contributed by atoms with Crippen LogP contribution in [-0.4, -0.2) is 35.6 Å². The average Bonchev–Trinajstić information content (AvgIpc) is 2.47. The highest BCUT2D eigenvalue weighted by molar-refractivity contribution is 5.56. The van der Waals surface area contributed by atoms with E-state index >= 15 is 0 Å². The van der Waals surface area contributed by atoms with Gasteiger partial charge in [0, 0.05) is 20.6 Å². The summed E-state index contributed by atoms with van der Waals surface area (Å²) >= 11 is 0. The molecule has 7 heteroatoms. The number of anilines is 4. The van der Waals surface area contributed by atoms with Gasteiger partial charge in [0.05, 0.1) is 5.69 Å². The minimum Gasteiger partial charge on any atom is -0.354 e. The van der Waals surface area contributed by atoms with E-state index in [2.05, 4.69) is 32.5 Å². The van der Waals surface area contributed by atoms with E-state index in [0.717, 1.165) is 13.0 Å². The van der Waals surface area contributed by atoms with Gasteiger partial charge in [0.1, 0.15) is 5.82 Å². The summed E-state index contributed by atoms with van der Waals surface area (Å²) in [7, 11) is 3.68. The van der Waals surface area contributed by atoms with Gasteiger partial charge >= 0.3 is 0 Å². The monoisotopic (exact) mass is 290 g/mol. The van der Waals surface area contributed by atoms with Crippen LogP contribution in [0.15, 0.2) is 24.3 Å². The van der Waals surface area contributed by atoms with Gasteiger partial charge < -0.3 is 15.5 Å². The largest absolute Gasteiger partial charge is 0.354 e. The molecule has 0 bridgehead atoms. The maximum Gasteiger partial charge on any atom is 0.233 e. The molecule has 2 N–H and O–H groups in total. The normalized spacial score (nSPS) is 10.3. The Kier molecular flexibility index (Phi) is 4.86. The first-order valence-corrected chi connectivity index (χ1v) is 6.79. The lowest BCUT2D eigenvalue weighted by atomic mass is 10.3. The molecule has 1 heterocycles. The molecule has 0 fully saturated rings. The smallest absolute Gasteiger partial charge is 0.233 e. The molecule has 0 unspecified atom stereocenters. The fourth-order valence-electron chi connectivity index (χ4n) is 1.62. The third-order valence-electron chi connectivity index (χ3n) is 2.68. The summed E-state index contributed by atoms with van der Waals surface area (Å²) in [6, 6.07) is 6.39. The van der Waals surface area contributed by atoms with Gasteiger partial charge in [-0.15, -0.1) is 0 Å². The molecular formula is C14H19FN6. The summed E-state index contributed by atoms with van der Waals surface area (Å²) in [5, 5.41) is 5.99. The van der Waals surface area contributed by atoms with Crippen molar-refractivity contribution in [1.29, 1.82) is 0 Å². The lowest BCUT2D eigenvalue weighted by Gasteiger charge is -2.14. The lowest BCUT2D eigenvalue weighted by Crippen LogP contribution is -2.16. The van der Waals surface area contributed by atoms with Gasteiger partial charge in [0.2, 0.25) is 17.8 Å². The SMILES string of the molecule is CCCNc1nc(Nc2ccccc2F)nc(N(C)C)n1. The Balaban J connectivity index is 2.29. The Morgan fingerprint density at radius 3 is 2.48 bits per heavy atom. The molecule has 1 aromatic heterocycles. The van der Waals surface area contributed by atoms with Gasteiger partial charge in [0.15, 0.2) is 0 Å². The van der Waals surface area contributed by atoms with E-state index in [1.54, 1.807) is 23.1 Å². The maximum absolute atomic E-state index is 13.7. The van der Waals surface area contributed by atoms with Crippen molar-refractivity contribution in [3.8, 4) is 0 Å². The second-order valence-corrected chi connectivity index (χ2v) is 4.71. The molecule has 2 rings (SSSR count).